The van der Waals surface area contributed by atoms with E-state index in [2.05, 4.69) is 25.8 Å². The number of carbonyl (C=O) groups is 1. The Hall–Kier alpha value is -1.43. The molecule has 0 fully saturated rings. The van der Waals surface area contributed by atoms with Crippen molar-refractivity contribution in [3.8, 4) is 0 Å². The number of nitrogens with one attached hydrogen (secondary N) is 3. The zero-order chi connectivity index (χ0) is 12.8. The van der Waals surface area contributed by atoms with E-state index < -0.39 is 0 Å². The van der Waals surface area contributed by atoms with E-state index in [1.807, 2.05) is 0 Å². The van der Waals surface area contributed by atoms with Crippen LogP contribution in [0.2, 0.25) is 0 Å². The van der Waals surface area contributed by atoms with Crippen molar-refractivity contribution in [1.82, 2.24) is 25.8 Å². The molecule has 3 N–H and O–H groups in total. The van der Waals surface area contributed by atoms with E-state index in [4.69, 9.17) is 11.8 Å². The van der Waals surface area contributed by atoms with E-state index in [1.54, 1.807) is 18.2 Å². The van der Waals surface area contributed by atoms with Crippen molar-refractivity contribution in [2.75, 3.05) is 13.1 Å². The van der Waals surface area contributed by atoms with Gasteiger partial charge in [-0.05, 0) is 36.4 Å². The predicted molar refractivity (Wildman–Crippen MR) is 73.1 cm³/mol. The zero-order valence-electron chi connectivity index (χ0n) is 9.51. The highest BCUT2D eigenvalue weighted by Gasteiger charge is 2.06. The molecule has 0 unspecified atom stereocenters. The number of H-pyrrole nitrogens is 1. The lowest BCUT2D eigenvalue weighted by molar-refractivity contribution is 0.0953. The molecule has 0 aliphatic carbocycles. The van der Waals surface area contributed by atoms with E-state index in [0.717, 1.165) is 26.0 Å². The van der Waals surface area contributed by atoms with Crippen LogP contribution in [-0.2, 0) is 11.8 Å². The Morgan fingerprint density at radius 2 is 2.33 bits per heavy atom. The van der Waals surface area contributed by atoms with Crippen molar-refractivity contribution in [2.45, 2.75) is 6.42 Å². The maximum Gasteiger partial charge on any atom is 0.251 e. The van der Waals surface area contributed by atoms with Crippen molar-refractivity contribution >= 4 is 36.3 Å². The summed E-state index contributed by atoms with van der Waals surface area (Å²) in [6.07, 6.45) is 0.849. The normalized spacial score (nSPS) is 10.9. The van der Waals surface area contributed by atoms with Crippen LogP contribution in [0.15, 0.2) is 18.2 Å². The lowest BCUT2D eigenvalue weighted by Crippen LogP contribution is -2.25. The molecule has 1 aromatic heterocycles. The molecule has 0 saturated heterocycles. The quantitative estimate of drug-likeness (QED) is 0.543. The summed E-state index contributed by atoms with van der Waals surface area (Å²) in [5, 5.41) is 16.1. The number of aromatic nitrogens is 3. The number of carbonyl (C=O) groups excluding carboxylic acids is 1. The fourth-order valence-electron chi connectivity index (χ4n) is 1.50. The molecule has 0 bridgehead atoms. The van der Waals surface area contributed by atoms with Crippen LogP contribution >= 0.6 is 7.51 Å². The van der Waals surface area contributed by atoms with E-state index in [-0.39, 0.29) is 5.91 Å². The Morgan fingerprint density at radius 1 is 1.44 bits per heavy atom. The summed E-state index contributed by atoms with van der Waals surface area (Å²) in [5.41, 5.74) is 2.10. The SMILES string of the molecule is O=C(NCCCNP=S)c1ccc2[nH]nnc2c1. The minimum atomic E-state index is -0.101. The van der Waals surface area contributed by atoms with E-state index in [9.17, 15) is 4.79 Å². The second-order valence-electron chi connectivity index (χ2n) is 3.65. The molecule has 18 heavy (non-hydrogen) atoms. The monoisotopic (exact) mass is 281 g/mol. The van der Waals surface area contributed by atoms with Crippen molar-refractivity contribution in [3.05, 3.63) is 23.8 Å². The van der Waals surface area contributed by atoms with E-state index in [1.165, 1.54) is 0 Å². The van der Waals surface area contributed by atoms with Gasteiger partial charge in [-0.15, -0.1) is 5.10 Å². The number of aromatic amines is 1. The Kier molecular flexibility index (Phi) is 4.69. The molecule has 6 nitrogen and oxygen atoms in total. The Labute approximate surface area is 110 Å². The van der Waals surface area contributed by atoms with Crippen LogP contribution in [-0.4, -0.2) is 34.4 Å². The average molecular weight is 281 g/mol. The molecule has 0 radical (unpaired) electrons. The first-order chi connectivity index (χ1) is 8.81. The number of fused-ring (bicyclic) bond motifs is 1. The van der Waals surface area contributed by atoms with Gasteiger partial charge in [0.05, 0.1) is 13.0 Å². The highest BCUT2D eigenvalue weighted by Crippen LogP contribution is 2.10. The number of rotatable bonds is 6. The molecular formula is C10H12N5OPS. The van der Waals surface area contributed by atoms with Crippen molar-refractivity contribution in [1.29, 1.82) is 0 Å². The maximum absolute atomic E-state index is 11.8. The van der Waals surface area contributed by atoms with Gasteiger partial charge in [0.15, 0.2) is 0 Å². The van der Waals surface area contributed by atoms with Crippen molar-refractivity contribution in [2.24, 2.45) is 0 Å². The second kappa shape index (κ2) is 6.49. The van der Waals surface area contributed by atoms with Crippen LogP contribution in [0.4, 0.5) is 0 Å². The first-order valence-electron chi connectivity index (χ1n) is 5.45. The first kappa shape index (κ1) is 13.0. The smallest absolute Gasteiger partial charge is 0.251 e. The summed E-state index contributed by atoms with van der Waals surface area (Å²) in [6, 6.07) is 5.26. The third-order valence-electron chi connectivity index (χ3n) is 2.40. The first-order valence-corrected chi connectivity index (χ1v) is 7.36. The molecule has 8 heteroatoms. The van der Waals surface area contributed by atoms with Crippen LogP contribution in [0.25, 0.3) is 11.0 Å². The highest BCUT2D eigenvalue weighted by molar-refractivity contribution is 7.95. The van der Waals surface area contributed by atoms with Crippen LogP contribution in [0, 0.1) is 0 Å². The molecule has 0 aliphatic rings. The van der Waals surface area contributed by atoms with Gasteiger partial charge in [-0.25, -0.2) is 0 Å². The summed E-state index contributed by atoms with van der Waals surface area (Å²) in [4.78, 5) is 11.8. The van der Waals surface area contributed by atoms with Gasteiger partial charge in [-0.1, -0.05) is 5.21 Å². The minimum Gasteiger partial charge on any atom is -0.352 e. The summed E-state index contributed by atoms with van der Waals surface area (Å²) in [5.74, 6) is -0.101. The fraction of sp³-hybridized carbons (Fsp3) is 0.300. The van der Waals surface area contributed by atoms with Gasteiger partial charge in [-0.3, -0.25) is 15.0 Å². The summed E-state index contributed by atoms with van der Waals surface area (Å²) >= 11 is 4.72. The molecule has 2 aromatic rings. The van der Waals surface area contributed by atoms with Gasteiger partial charge < -0.3 is 5.32 Å². The van der Waals surface area contributed by atoms with Gasteiger partial charge >= 0.3 is 0 Å². The molecule has 1 aromatic carbocycles. The van der Waals surface area contributed by atoms with Crippen molar-refractivity contribution in [3.63, 3.8) is 0 Å². The molecule has 94 valence electrons. The number of nitrogens with zero attached hydrogens (tertiary/aromatic N) is 2. The average Bonchev–Trinajstić information content (AvgIpc) is 2.85. The third-order valence-corrected chi connectivity index (χ3v) is 3.14. The number of hydrogen-bond donors (Lipinski definition) is 3. The summed E-state index contributed by atoms with van der Waals surface area (Å²) in [7, 11) is 0.746. The number of hydrogen-bond acceptors (Lipinski definition) is 4. The molecule has 0 aliphatic heterocycles. The van der Waals surface area contributed by atoms with Gasteiger partial charge in [0.25, 0.3) is 5.91 Å². The van der Waals surface area contributed by atoms with Gasteiger partial charge in [0.1, 0.15) is 5.52 Å². The van der Waals surface area contributed by atoms with E-state index in [0.29, 0.717) is 17.6 Å². The lowest BCUT2D eigenvalue weighted by atomic mass is 10.2. The molecular weight excluding hydrogens is 269 g/mol. The standard InChI is InChI=1S/C10H12N5OPS/c16-10(11-4-1-5-12-17-18)7-2-3-8-9(6-7)14-15-13-8/h2-3,6H,1,4-5H2,(H,11,16)(H,12,18)(H,13,14,15). The second-order valence-corrected chi connectivity index (χ2v) is 4.70. The lowest BCUT2D eigenvalue weighted by Gasteiger charge is -2.04. The van der Waals surface area contributed by atoms with Gasteiger partial charge in [0.2, 0.25) is 0 Å². The fourth-order valence-corrected chi connectivity index (χ4v) is 2.02. The molecule has 2 rings (SSSR count). The Bertz CT molecular complexity index is 558. The zero-order valence-corrected chi connectivity index (χ0v) is 11.2. The van der Waals surface area contributed by atoms with Crippen molar-refractivity contribution < 1.29 is 4.79 Å². The van der Waals surface area contributed by atoms with Crippen LogP contribution < -0.4 is 10.4 Å². The van der Waals surface area contributed by atoms with Gasteiger partial charge in [0, 0.05) is 18.7 Å². The molecule has 0 atom stereocenters. The maximum atomic E-state index is 11.8. The summed E-state index contributed by atoms with van der Waals surface area (Å²) < 4.78 is 0. The van der Waals surface area contributed by atoms with Crippen LogP contribution in [0.5, 0.6) is 0 Å². The van der Waals surface area contributed by atoms with Crippen LogP contribution in [0.3, 0.4) is 0 Å². The number of benzene rings is 1. The highest BCUT2D eigenvalue weighted by atomic mass is 32.4. The molecule has 0 saturated carbocycles. The summed E-state index contributed by atoms with van der Waals surface area (Å²) in [6.45, 7) is 1.42. The molecule has 1 amide bonds. The van der Waals surface area contributed by atoms with E-state index >= 15 is 0 Å². The third kappa shape index (κ3) is 3.29. The number of amides is 1. The molecule has 0 spiro atoms. The Balaban J connectivity index is 1.89. The predicted octanol–water partition coefficient (Wildman–Crippen LogP) is 0.990. The largest absolute Gasteiger partial charge is 0.352 e. The van der Waals surface area contributed by atoms with Crippen LogP contribution in [0.1, 0.15) is 16.8 Å². The minimum absolute atomic E-state index is 0.101. The topological polar surface area (TPSA) is 82.7 Å². The molecule has 1 heterocycles. The van der Waals surface area contributed by atoms with Gasteiger partial charge in [-0.2, -0.15) is 0 Å². The Morgan fingerprint density at radius 3 is 3.17 bits per heavy atom.